The molecule has 2 aromatic rings. The molecule has 0 aromatic heterocycles. The fourth-order valence-electron chi connectivity index (χ4n) is 5.82. The molecule has 0 unspecified atom stereocenters. The fraction of sp³-hybridized carbons (Fsp3) is 0.583. The maximum absolute atomic E-state index is 13.7. The molecule has 1 aliphatic heterocycles. The quantitative estimate of drug-likeness (QED) is 0.149. The summed E-state index contributed by atoms with van der Waals surface area (Å²) in [6.07, 6.45) is 0.659. The van der Waals surface area contributed by atoms with E-state index in [1.807, 2.05) is 65.8 Å². The largest absolute Gasteiger partial charge is 0.460 e. The number of likely N-dealkylation sites (tertiary alicyclic amines) is 1. The molecule has 2 amide bonds. The van der Waals surface area contributed by atoms with Gasteiger partial charge in [-0.2, -0.15) is 0 Å². The second-order valence-electron chi connectivity index (χ2n) is 13.8. The van der Waals surface area contributed by atoms with Gasteiger partial charge in [-0.05, 0) is 76.6 Å². The van der Waals surface area contributed by atoms with Crippen LogP contribution in [0.3, 0.4) is 0 Å². The van der Waals surface area contributed by atoms with Crippen molar-refractivity contribution in [2.75, 3.05) is 52.7 Å². The molecule has 1 heterocycles. The summed E-state index contributed by atoms with van der Waals surface area (Å²) in [7, 11) is 0. The van der Waals surface area contributed by atoms with Gasteiger partial charge in [-0.3, -0.25) is 4.79 Å². The first-order valence-electron chi connectivity index (χ1n) is 16.3. The van der Waals surface area contributed by atoms with Crippen LogP contribution >= 0.6 is 0 Å². The Labute approximate surface area is 273 Å². The van der Waals surface area contributed by atoms with Gasteiger partial charge in [-0.25, -0.2) is 9.59 Å². The van der Waals surface area contributed by atoms with Crippen molar-refractivity contribution in [2.45, 2.75) is 84.0 Å². The number of hydrogen-bond donors (Lipinski definition) is 0. The molecule has 0 bridgehead atoms. The predicted molar refractivity (Wildman–Crippen MR) is 175 cm³/mol. The van der Waals surface area contributed by atoms with Crippen molar-refractivity contribution >= 4 is 18.2 Å². The van der Waals surface area contributed by atoms with Crippen molar-refractivity contribution < 1.29 is 38.1 Å². The van der Waals surface area contributed by atoms with E-state index in [2.05, 4.69) is 24.3 Å². The van der Waals surface area contributed by atoms with Gasteiger partial charge < -0.3 is 33.5 Å². The van der Waals surface area contributed by atoms with Crippen LogP contribution in [0, 0.1) is 0 Å². The third-order valence-electron chi connectivity index (χ3n) is 7.85. The van der Waals surface area contributed by atoms with Gasteiger partial charge >= 0.3 is 18.2 Å². The van der Waals surface area contributed by atoms with Crippen molar-refractivity contribution in [1.82, 2.24) is 9.80 Å². The molecule has 4 rings (SSSR count). The van der Waals surface area contributed by atoms with Gasteiger partial charge in [0.1, 0.15) is 17.8 Å². The lowest BCUT2D eigenvalue weighted by Gasteiger charge is -2.38. The van der Waals surface area contributed by atoms with Crippen LogP contribution < -0.4 is 0 Å². The van der Waals surface area contributed by atoms with E-state index in [-0.39, 0.29) is 43.7 Å². The van der Waals surface area contributed by atoms with Gasteiger partial charge in [-0.1, -0.05) is 48.5 Å². The highest BCUT2D eigenvalue weighted by Crippen LogP contribution is 2.44. The van der Waals surface area contributed by atoms with Crippen LogP contribution in [0.25, 0.3) is 11.1 Å². The summed E-state index contributed by atoms with van der Waals surface area (Å²) < 4.78 is 28.2. The van der Waals surface area contributed by atoms with Crippen molar-refractivity contribution in [2.24, 2.45) is 0 Å². The standard InChI is InChI=1S/C36H50N2O8/c1-35(2,3)45-32(39)17-21-42-23-24-43-22-20-38(26-15-18-37(19-16-26)33(40)46-36(4,5)6)34(41)44-25-31-29-13-9-7-11-27(29)28-12-8-10-14-30(28)31/h7-14,26,31H,15-25H2,1-6H3. The molecule has 1 aliphatic carbocycles. The Bertz CT molecular complexity index is 1280. The van der Waals surface area contributed by atoms with E-state index in [1.165, 1.54) is 11.1 Å². The highest BCUT2D eigenvalue weighted by Gasteiger charge is 2.34. The van der Waals surface area contributed by atoms with Crippen LogP contribution in [0.5, 0.6) is 0 Å². The number of carbonyl (C=O) groups is 3. The molecular formula is C36H50N2O8. The van der Waals surface area contributed by atoms with E-state index in [4.69, 9.17) is 23.7 Å². The van der Waals surface area contributed by atoms with Crippen LogP contribution in [-0.2, 0) is 28.5 Å². The lowest BCUT2D eigenvalue weighted by atomic mass is 9.98. The first kappa shape index (κ1) is 35.2. The molecule has 0 radical (unpaired) electrons. The van der Waals surface area contributed by atoms with Gasteiger partial charge in [0.15, 0.2) is 0 Å². The minimum Gasteiger partial charge on any atom is -0.460 e. The molecular weight excluding hydrogens is 588 g/mol. The average Bonchev–Trinajstić information content (AvgIpc) is 3.31. The molecule has 1 saturated heterocycles. The van der Waals surface area contributed by atoms with E-state index in [1.54, 1.807) is 9.80 Å². The van der Waals surface area contributed by atoms with Crippen molar-refractivity contribution in [3.05, 3.63) is 59.7 Å². The van der Waals surface area contributed by atoms with Crippen molar-refractivity contribution in [3.8, 4) is 11.1 Å². The number of benzene rings is 2. The van der Waals surface area contributed by atoms with Crippen molar-refractivity contribution in [1.29, 1.82) is 0 Å². The summed E-state index contributed by atoms with van der Waals surface area (Å²) in [6.45, 7) is 13.8. The van der Waals surface area contributed by atoms with Gasteiger partial charge in [0, 0.05) is 31.6 Å². The highest BCUT2D eigenvalue weighted by atomic mass is 16.6. The van der Waals surface area contributed by atoms with Crippen LogP contribution in [0.15, 0.2) is 48.5 Å². The number of fused-ring (bicyclic) bond motifs is 3. The van der Waals surface area contributed by atoms with Crippen LogP contribution in [-0.4, -0.2) is 97.9 Å². The molecule has 10 nitrogen and oxygen atoms in total. The molecule has 2 aliphatic rings. The molecule has 10 heteroatoms. The summed E-state index contributed by atoms with van der Waals surface area (Å²) in [5.74, 6) is -0.342. The number of carbonyl (C=O) groups excluding carboxylic acids is 3. The van der Waals surface area contributed by atoms with Gasteiger partial charge in [0.05, 0.1) is 32.8 Å². The molecule has 0 spiro atoms. The van der Waals surface area contributed by atoms with Crippen LogP contribution in [0.2, 0.25) is 0 Å². The zero-order chi connectivity index (χ0) is 33.3. The number of rotatable bonds is 12. The Morgan fingerprint density at radius 3 is 1.87 bits per heavy atom. The fourth-order valence-corrected chi connectivity index (χ4v) is 5.82. The van der Waals surface area contributed by atoms with Gasteiger partial charge in [0.25, 0.3) is 0 Å². The molecule has 1 fully saturated rings. The van der Waals surface area contributed by atoms with Gasteiger partial charge in [-0.15, -0.1) is 0 Å². The number of nitrogens with zero attached hydrogens (tertiary/aromatic N) is 2. The summed E-state index contributed by atoms with van der Waals surface area (Å²) in [5, 5.41) is 0. The van der Waals surface area contributed by atoms with E-state index in [0.717, 1.165) is 11.1 Å². The second-order valence-corrected chi connectivity index (χ2v) is 13.8. The highest BCUT2D eigenvalue weighted by molar-refractivity contribution is 5.79. The molecule has 0 N–H and O–H groups in total. The molecule has 0 saturated carbocycles. The zero-order valence-electron chi connectivity index (χ0n) is 28.2. The minimum absolute atomic E-state index is 0.0405. The predicted octanol–water partition coefficient (Wildman–Crippen LogP) is 6.40. The van der Waals surface area contributed by atoms with E-state index < -0.39 is 17.3 Å². The smallest absolute Gasteiger partial charge is 0.410 e. The van der Waals surface area contributed by atoms with Crippen LogP contribution in [0.4, 0.5) is 9.59 Å². The summed E-state index contributed by atoms with van der Waals surface area (Å²) >= 11 is 0. The molecule has 2 aromatic carbocycles. The summed E-state index contributed by atoms with van der Waals surface area (Å²) in [6, 6.07) is 16.4. The molecule has 252 valence electrons. The van der Waals surface area contributed by atoms with Gasteiger partial charge in [0.2, 0.25) is 0 Å². The number of esters is 1. The normalized spacial score (nSPS) is 15.2. The van der Waals surface area contributed by atoms with E-state index >= 15 is 0 Å². The third kappa shape index (κ3) is 10.2. The lowest BCUT2D eigenvalue weighted by Crippen LogP contribution is -2.50. The Morgan fingerprint density at radius 2 is 1.30 bits per heavy atom. The Kier molecular flexibility index (Phi) is 12.1. The Morgan fingerprint density at radius 1 is 0.761 bits per heavy atom. The number of amides is 2. The SMILES string of the molecule is CC(C)(C)OC(=O)CCOCCOCCN(C(=O)OCC1c2ccccc2-c2ccccc21)C1CCN(C(=O)OC(C)(C)C)CC1. The molecule has 46 heavy (non-hydrogen) atoms. The van der Waals surface area contributed by atoms with Crippen molar-refractivity contribution in [3.63, 3.8) is 0 Å². The summed E-state index contributed by atoms with van der Waals surface area (Å²) in [5.41, 5.74) is 3.57. The maximum Gasteiger partial charge on any atom is 0.410 e. The van der Waals surface area contributed by atoms with E-state index in [9.17, 15) is 14.4 Å². The summed E-state index contributed by atoms with van der Waals surface area (Å²) in [4.78, 5) is 41.6. The lowest BCUT2D eigenvalue weighted by molar-refractivity contribution is -0.156. The maximum atomic E-state index is 13.7. The zero-order valence-corrected chi connectivity index (χ0v) is 28.2. The second kappa shape index (κ2) is 15.8. The van der Waals surface area contributed by atoms with E-state index in [0.29, 0.717) is 52.3 Å². The minimum atomic E-state index is -0.571. The first-order chi connectivity index (χ1) is 21.8. The number of ether oxygens (including phenoxy) is 5. The Balaban J connectivity index is 1.31. The number of hydrogen-bond acceptors (Lipinski definition) is 8. The monoisotopic (exact) mass is 638 g/mol. The van der Waals surface area contributed by atoms with Crippen LogP contribution in [0.1, 0.15) is 77.8 Å². The topological polar surface area (TPSA) is 104 Å². The average molecular weight is 639 g/mol. The molecule has 0 atom stereocenters. The first-order valence-corrected chi connectivity index (χ1v) is 16.3. The number of piperidine rings is 1. The Hall–Kier alpha value is -3.63. The third-order valence-corrected chi connectivity index (χ3v) is 7.85.